The molecule has 0 aliphatic rings. The van der Waals surface area contributed by atoms with E-state index in [1.807, 2.05) is 0 Å². The Morgan fingerprint density at radius 3 is 1.60 bits per heavy atom. The summed E-state index contributed by atoms with van der Waals surface area (Å²) >= 11 is 0. The zero-order valence-electron chi connectivity index (χ0n) is 11.5. The van der Waals surface area contributed by atoms with Gasteiger partial charge in [-0.25, -0.2) is 0 Å². The highest BCUT2D eigenvalue weighted by Gasteiger charge is 2.53. The molecule has 0 bridgehead atoms. The maximum Gasteiger partial charge on any atom is 0.346 e. The zero-order valence-corrected chi connectivity index (χ0v) is 12.5. The van der Waals surface area contributed by atoms with Gasteiger partial charge < -0.3 is 8.85 Å². The molecule has 0 aromatic heterocycles. The summed E-state index contributed by atoms with van der Waals surface area (Å²) in [6.07, 6.45) is 1.11. The van der Waals surface area contributed by atoms with E-state index >= 15 is 0 Å². The minimum atomic E-state index is -2.10. The smallest absolute Gasteiger partial charge is 0.346 e. The van der Waals surface area contributed by atoms with E-state index in [0.29, 0.717) is 5.54 Å². The summed E-state index contributed by atoms with van der Waals surface area (Å²) < 4.78 is 12.2. The third-order valence-electron chi connectivity index (χ3n) is 3.30. The predicted molar refractivity (Wildman–Crippen MR) is 68.4 cm³/mol. The lowest BCUT2D eigenvalue weighted by atomic mass is 10.1. The summed E-state index contributed by atoms with van der Waals surface area (Å²) in [6.45, 7) is 16.9. The van der Waals surface area contributed by atoms with E-state index in [0.717, 1.165) is 19.6 Å². The van der Waals surface area contributed by atoms with Crippen molar-refractivity contribution in [1.82, 2.24) is 0 Å². The highest BCUT2D eigenvalue weighted by atomic mass is 28.4. The Kier molecular flexibility index (Phi) is 6.07. The largest absolute Gasteiger partial charge is 0.394 e. The lowest BCUT2D eigenvalue weighted by Crippen LogP contribution is -2.54. The van der Waals surface area contributed by atoms with Crippen LogP contribution in [0.4, 0.5) is 0 Å². The molecule has 0 fully saturated rings. The van der Waals surface area contributed by atoms with Gasteiger partial charge in [0.15, 0.2) is 0 Å². The molecule has 0 aliphatic carbocycles. The fourth-order valence-corrected chi connectivity index (χ4v) is 6.67. The Morgan fingerprint density at radius 1 is 1.00 bits per heavy atom. The van der Waals surface area contributed by atoms with Crippen molar-refractivity contribution in [1.29, 1.82) is 0 Å². The van der Waals surface area contributed by atoms with E-state index in [1.165, 1.54) is 0 Å². The third-order valence-corrected chi connectivity index (χ3v) is 8.50. The molecule has 0 aromatic carbocycles. The highest BCUT2D eigenvalue weighted by Crippen LogP contribution is 2.47. The van der Waals surface area contributed by atoms with Crippen LogP contribution in [0, 0.1) is 0 Å². The van der Waals surface area contributed by atoms with Gasteiger partial charge in [0, 0.05) is 18.3 Å². The minimum absolute atomic E-state index is 0.174. The van der Waals surface area contributed by atoms with Crippen molar-refractivity contribution in [3.05, 3.63) is 0 Å². The van der Waals surface area contributed by atoms with Crippen LogP contribution in [0.15, 0.2) is 0 Å². The number of hydrogen-bond donors (Lipinski definition) is 0. The van der Waals surface area contributed by atoms with Crippen molar-refractivity contribution >= 4 is 8.56 Å². The van der Waals surface area contributed by atoms with Gasteiger partial charge in [0.05, 0.1) is 0 Å². The summed E-state index contributed by atoms with van der Waals surface area (Å²) in [6, 6.07) is 0. The third kappa shape index (κ3) is 3.05. The van der Waals surface area contributed by atoms with Crippen LogP contribution in [0.1, 0.15) is 54.9 Å². The van der Waals surface area contributed by atoms with Crippen molar-refractivity contribution in [3.63, 3.8) is 0 Å². The Labute approximate surface area is 96.6 Å². The second-order valence-electron chi connectivity index (χ2n) is 4.93. The van der Waals surface area contributed by atoms with Crippen LogP contribution in [0.2, 0.25) is 10.6 Å². The normalized spacial score (nSPS) is 13.6. The molecule has 0 spiro atoms. The van der Waals surface area contributed by atoms with Gasteiger partial charge in [-0.3, -0.25) is 0 Å². The summed E-state index contributed by atoms with van der Waals surface area (Å²) in [5.41, 5.74) is 0.493. The summed E-state index contributed by atoms with van der Waals surface area (Å²) in [7, 11) is -2.10. The molecule has 0 radical (unpaired) electrons. The fraction of sp³-hybridized carbons (Fsp3) is 1.00. The Hall–Kier alpha value is 0.137. The first-order valence-corrected chi connectivity index (χ1v) is 8.05. The van der Waals surface area contributed by atoms with Gasteiger partial charge in [-0.15, -0.1) is 0 Å². The molecule has 0 unspecified atom stereocenters. The van der Waals surface area contributed by atoms with Crippen molar-refractivity contribution in [2.45, 2.75) is 65.5 Å². The molecular formula is C12H28O2Si. The van der Waals surface area contributed by atoms with E-state index < -0.39 is 8.56 Å². The van der Waals surface area contributed by atoms with Crippen LogP contribution in [0.25, 0.3) is 0 Å². The first-order valence-electron chi connectivity index (χ1n) is 6.15. The molecule has 0 saturated carbocycles. The van der Waals surface area contributed by atoms with Gasteiger partial charge in [-0.1, -0.05) is 34.6 Å². The quantitative estimate of drug-likeness (QED) is 0.615. The standard InChI is InChI=1S/C12H28O2Si/c1-8-12(6,7)15(11(4)5,13-9-2)14-10-3/h11H,8-10H2,1-7H3. The van der Waals surface area contributed by atoms with Crippen LogP contribution in [-0.4, -0.2) is 21.8 Å². The maximum atomic E-state index is 6.10. The van der Waals surface area contributed by atoms with Crippen molar-refractivity contribution in [2.24, 2.45) is 0 Å². The van der Waals surface area contributed by atoms with E-state index in [4.69, 9.17) is 8.85 Å². The fourth-order valence-electron chi connectivity index (χ4n) is 2.22. The summed E-state index contributed by atoms with van der Waals surface area (Å²) in [4.78, 5) is 0. The Bertz CT molecular complexity index is 172. The average Bonchev–Trinajstić information content (AvgIpc) is 2.16. The van der Waals surface area contributed by atoms with Gasteiger partial charge in [-0.05, 0) is 25.8 Å². The van der Waals surface area contributed by atoms with E-state index in [1.54, 1.807) is 0 Å². The summed E-state index contributed by atoms with van der Waals surface area (Å²) in [5.74, 6) is 0. The molecule has 2 nitrogen and oxygen atoms in total. The van der Waals surface area contributed by atoms with Crippen molar-refractivity contribution < 1.29 is 8.85 Å². The number of rotatable bonds is 7. The molecule has 0 saturated heterocycles. The molecular weight excluding hydrogens is 204 g/mol. The molecule has 0 aromatic rings. The number of hydrogen-bond acceptors (Lipinski definition) is 2. The Balaban J connectivity index is 5.10. The second kappa shape index (κ2) is 6.02. The maximum absolute atomic E-state index is 6.10. The second-order valence-corrected chi connectivity index (χ2v) is 9.35. The van der Waals surface area contributed by atoms with Crippen LogP contribution in [0.5, 0.6) is 0 Å². The molecule has 15 heavy (non-hydrogen) atoms. The monoisotopic (exact) mass is 232 g/mol. The van der Waals surface area contributed by atoms with Gasteiger partial charge >= 0.3 is 8.56 Å². The molecule has 0 amide bonds. The average molecular weight is 232 g/mol. The highest BCUT2D eigenvalue weighted by molar-refractivity contribution is 6.71. The zero-order chi connectivity index (χ0) is 12.1. The lowest BCUT2D eigenvalue weighted by molar-refractivity contribution is 0.148. The molecule has 92 valence electrons. The molecule has 0 N–H and O–H groups in total. The lowest BCUT2D eigenvalue weighted by Gasteiger charge is -2.45. The molecule has 0 aliphatic heterocycles. The van der Waals surface area contributed by atoms with Gasteiger partial charge in [0.2, 0.25) is 0 Å². The first-order chi connectivity index (χ1) is 6.88. The van der Waals surface area contributed by atoms with Gasteiger partial charge in [0.25, 0.3) is 0 Å². The molecule has 3 heteroatoms. The van der Waals surface area contributed by atoms with Crippen molar-refractivity contribution in [3.8, 4) is 0 Å². The SMILES string of the molecule is CCO[Si](OCC)(C(C)C)C(C)(C)CC. The van der Waals surface area contributed by atoms with Gasteiger partial charge in [-0.2, -0.15) is 0 Å². The van der Waals surface area contributed by atoms with Crippen LogP contribution in [0.3, 0.4) is 0 Å². The van der Waals surface area contributed by atoms with Crippen LogP contribution in [-0.2, 0) is 8.85 Å². The van der Waals surface area contributed by atoms with Crippen LogP contribution >= 0.6 is 0 Å². The predicted octanol–water partition coefficient (Wildman–Crippen LogP) is 4.10. The van der Waals surface area contributed by atoms with Crippen LogP contribution < -0.4 is 0 Å². The summed E-state index contributed by atoms with van der Waals surface area (Å²) in [5, 5.41) is 0.174. The molecule has 0 atom stereocenters. The van der Waals surface area contributed by atoms with E-state index in [-0.39, 0.29) is 5.04 Å². The molecule has 0 rings (SSSR count). The minimum Gasteiger partial charge on any atom is -0.394 e. The topological polar surface area (TPSA) is 18.5 Å². The van der Waals surface area contributed by atoms with E-state index in [9.17, 15) is 0 Å². The molecule has 0 heterocycles. The Morgan fingerprint density at radius 2 is 1.40 bits per heavy atom. The van der Waals surface area contributed by atoms with E-state index in [2.05, 4.69) is 48.5 Å². The first kappa shape index (κ1) is 15.1. The van der Waals surface area contributed by atoms with Gasteiger partial charge in [0.1, 0.15) is 0 Å². The van der Waals surface area contributed by atoms with Crippen molar-refractivity contribution in [2.75, 3.05) is 13.2 Å².